The summed E-state index contributed by atoms with van der Waals surface area (Å²) >= 11 is 3.53. The van der Waals surface area contributed by atoms with Crippen molar-refractivity contribution in [2.45, 2.75) is 25.4 Å². The SMILES string of the molecule is N#Cc1ccc(CNC2CCc3cc(Br)ccc32)cc1. The van der Waals surface area contributed by atoms with Crippen LogP contribution < -0.4 is 5.32 Å². The fraction of sp³-hybridized carbons (Fsp3) is 0.235. The monoisotopic (exact) mass is 326 g/mol. The molecule has 100 valence electrons. The molecule has 0 fully saturated rings. The third kappa shape index (κ3) is 2.77. The Morgan fingerprint density at radius 1 is 1.20 bits per heavy atom. The molecule has 1 aliphatic carbocycles. The van der Waals surface area contributed by atoms with Gasteiger partial charge in [0.25, 0.3) is 0 Å². The summed E-state index contributed by atoms with van der Waals surface area (Å²) < 4.78 is 1.16. The van der Waals surface area contributed by atoms with Crippen LogP contribution in [0.4, 0.5) is 0 Å². The molecule has 3 heteroatoms. The van der Waals surface area contributed by atoms with Crippen molar-refractivity contribution in [1.82, 2.24) is 5.32 Å². The van der Waals surface area contributed by atoms with Crippen LogP contribution in [0, 0.1) is 11.3 Å². The van der Waals surface area contributed by atoms with Crippen molar-refractivity contribution in [2.75, 3.05) is 0 Å². The highest BCUT2D eigenvalue weighted by Crippen LogP contribution is 2.33. The van der Waals surface area contributed by atoms with E-state index in [2.05, 4.69) is 45.5 Å². The number of rotatable bonds is 3. The maximum atomic E-state index is 8.79. The molecule has 0 aliphatic heterocycles. The molecule has 2 aromatic carbocycles. The Kier molecular flexibility index (Phi) is 3.86. The summed E-state index contributed by atoms with van der Waals surface area (Å²) in [5, 5.41) is 12.4. The van der Waals surface area contributed by atoms with Crippen molar-refractivity contribution in [3.05, 3.63) is 69.2 Å². The molecule has 20 heavy (non-hydrogen) atoms. The van der Waals surface area contributed by atoms with Gasteiger partial charge in [-0.1, -0.05) is 34.1 Å². The van der Waals surface area contributed by atoms with Crippen molar-refractivity contribution < 1.29 is 0 Å². The zero-order chi connectivity index (χ0) is 13.9. The maximum Gasteiger partial charge on any atom is 0.0991 e. The summed E-state index contributed by atoms with van der Waals surface area (Å²) in [6, 6.07) is 16.9. The lowest BCUT2D eigenvalue weighted by Gasteiger charge is -2.14. The van der Waals surface area contributed by atoms with Crippen LogP contribution in [0.3, 0.4) is 0 Å². The van der Waals surface area contributed by atoms with E-state index in [0.717, 1.165) is 23.9 Å². The summed E-state index contributed by atoms with van der Waals surface area (Å²) in [6.07, 6.45) is 2.29. The molecule has 0 heterocycles. The first-order valence-electron chi connectivity index (χ1n) is 6.77. The van der Waals surface area contributed by atoms with Gasteiger partial charge in [-0.05, 0) is 53.8 Å². The lowest BCUT2D eigenvalue weighted by Crippen LogP contribution is -2.18. The molecule has 3 rings (SSSR count). The van der Waals surface area contributed by atoms with Gasteiger partial charge in [-0.3, -0.25) is 0 Å². The summed E-state index contributed by atoms with van der Waals surface area (Å²) in [6.45, 7) is 0.839. The van der Waals surface area contributed by atoms with Crippen molar-refractivity contribution in [2.24, 2.45) is 0 Å². The van der Waals surface area contributed by atoms with Gasteiger partial charge in [0.05, 0.1) is 11.6 Å². The van der Waals surface area contributed by atoms with Crippen LogP contribution in [0.15, 0.2) is 46.9 Å². The molecular weight excluding hydrogens is 312 g/mol. The molecule has 0 radical (unpaired) electrons. The number of fused-ring (bicyclic) bond motifs is 1. The van der Waals surface area contributed by atoms with Crippen molar-refractivity contribution >= 4 is 15.9 Å². The number of hydrogen-bond donors (Lipinski definition) is 1. The molecule has 0 amide bonds. The van der Waals surface area contributed by atoms with Crippen molar-refractivity contribution in [3.8, 4) is 6.07 Å². The Labute approximate surface area is 127 Å². The van der Waals surface area contributed by atoms with Gasteiger partial charge in [0.1, 0.15) is 0 Å². The number of aryl methyl sites for hydroxylation is 1. The van der Waals surface area contributed by atoms with Crippen LogP contribution in [0.2, 0.25) is 0 Å². The normalized spacial score (nSPS) is 16.7. The van der Waals surface area contributed by atoms with E-state index in [0.29, 0.717) is 11.6 Å². The second-order valence-electron chi connectivity index (χ2n) is 5.12. The molecule has 0 bridgehead atoms. The Balaban J connectivity index is 1.67. The largest absolute Gasteiger partial charge is 0.306 e. The number of nitrogens with zero attached hydrogens (tertiary/aromatic N) is 1. The molecule has 1 N–H and O–H groups in total. The fourth-order valence-corrected chi connectivity index (χ4v) is 3.14. The summed E-state index contributed by atoms with van der Waals surface area (Å²) in [5.41, 5.74) is 4.79. The second-order valence-corrected chi connectivity index (χ2v) is 6.04. The van der Waals surface area contributed by atoms with Gasteiger partial charge in [-0.2, -0.15) is 5.26 Å². The average Bonchev–Trinajstić information content (AvgIpc) is 2.88. The smallest absolute Gasteiger partial charge is 0.0991 e. The molecule has 1 unspecified atom stereocenters. The van der Waals surface area contributed by atoms with Gasteiger partial charge in [0.2, 0.25) is 0 Å². The number of nitrogens with one attached hydrogen (secondary N) is 1. The molecule has 0 spiro atoms. The van der Waals surface area contributed by atoms with Crippen molar-refractivity contribution in [3.63, 3.8) is 0 Å². The van der Waals surface area contributed by atoms with E-state index in [9.17, 15) is 0 Å². The molecule has 2 aromatic rings. The predicted molar refractivity (Wildman–Crippen MR) is 83.2 cm³/mol. The van der Waals surface area contributed by atoms with Crippen molar-refractivity contribution in [1.29, 1.82) is 5.26 Å². The molecule has 1 aliphatic rings. The second kappa shape index (κ2) is 5.78. The van der Waals surface area contributed by atoms with Crippen LogP contribution >= 0.6 is 15.9 Å². The first-order valence-corrected chi connectivity index (χ1v) is 7.56. The topological polar surface area (TPSA) is 35.8 Å². The quantitative estimate of drug-likeness (QED) is 0.921. The van der Waals surface area contributed by atoms with E-state index in [1.54, 1.807) is 0 Å². The Hall–Kier alpha value is -1.63. The minimum Gasteiger partial charge on any atom is -0.306 e. The first-order chi connectivity index (χ1) is 9.76. The third-order valence-corrected chi connectivity index (χ3v) is 4.31. The predicted octanol–water partition coefficient (Wildman–Crippen LogP) is 4.10. The van der Waals surface area contributed by atoms with E-state index < -0.39 is 0 Å². The third-order valence-electron chi connectivity index (χ3n) is 3.82. The lowest BCUT2D eigenvalue weighted by atomic mass is 10.1. The van der Waals surface area contributed by atoms with E-state index in [-0.39, 0.29) is 0 Å². The van der Waals surface area contributed by atoms with Gasteiger partial charge in [0.15, 0.2) is 0 Å². The zero-order valence-corrected chi connectivity index (χ0v) is 12.7. The molecule has 0 aromatic heterocycles. The first kappa shape index (κ1) is 13.4. The zero-order valence-electron chi connectivity index (χ0n) is 11.1. The van der Waals surface area contributed by atoms with Gasteiger partial charge in [-0.25, -0.2) is 0 Å². The molecule has 2 nitrogen and oxygen atoms in total. The number of hydrogen-bond acceptors (Lipinski definition) is 2. The number of halogens is 1. The average molecular weight is 327 g/mol. The molecular formula is C17H15BrN2. The van der Waals surface area contributed by atoms with Gasteiger partial charge >= 0.3 is 0 Å². The van der Waals surface area contributed by atoms with Gasteiger partial charge in [0, 0.05) is 17.1 Å². The van der Waals surface area contributed by atoms with Gasteiger partial charge in [-0.15, -0.1) is 0 Å². The highest BCUT2D eigenvalue weighted by Gasteiger charge is 2.21. The molecule has 0 saturated carbocycles. The Bertz CT molecular complexity index is 656. The van der Waals surface area contributed by atoms with Crippen LogP contribution in [0.1, 0.15) is 34.7 Å². The standard InChI is InChI=1S/C17H15BrN2/c18-15-6-7-16-14(9-15)5-8-17(16)20-11-13-3-1-12(10-19)2-4-13/h1-4,6-7,9,17,20H,5,8,11H2. The Morgan fingerprint density at radius 3 is 2.75 bits per heavy atom. The molecule has 1 atom stereocenters. The van der Waals surface area contributed by atoms with Crippen LogP contribution in [-0.4, -0.2) is 0 Å². The highest BCUT2D eigenvalue weighted by molar-refractivity contribution is 9.10. The van der Waals surface area contributed by atoms with Crippen LogP contribution in [-0.2, 0) is 13.0 Å². The Morgan fingerprint density at radius 2 is 2.00 bits per heavy atom. The van der Waals surface area contributed by atoms with E-state index >= 15 is 0 Å². The summed E-state index contributed by atoms with van der Waals surface area (Å²) in [4.78, 5) is 0. The summed E-state index contributed by atoms with van der Waals surface area (Å²) in [5.74, 6) is 0. The highest BCUT2D eigenvalue weighted by atomic mass is 79.9. The van der Waals surface area contributed by atoms with E-state index in [1.165, 1.54) is 16.7 Å². The van der Waals surface area contributed by atoms with Crippen LogP contribution in [0.5, 0.6) is 0 Å². The van der Waals surface area contributed by atoms with E-state index in [4.69, 9.17) is 5.26 Å². The van der Waals surface area contributed by atoms with Crippen LogP contribution in [0.25, 0.3) is 0 Å². The van der Waals surface area contributed by atoms with E-state index in [1.807, 2.05) is 24.3 Å². The lowest BCUT2D eigenvalue weighted by molar-refractivity contribution is 0.530. The number of benzene rings is 2. The minimum atomic E-state index is 0.439. The maximum absolute atomic E-state index is 8.79. The summed E-state index contributed by atoms with van der Waals surface area (Å²) in [7, 11) is 0. The number of nitriles is 1. The molecule has 0 saturated heterocycles. The van der Waals surface area contributed by atoms with Gasteiger partial charge < -0.3 is 5.32 Å². The fourth-order valence-electron chi connectivity index (χ4n) is 2.74. The minimum absolute atomic E-state index is 0.439.